The van der Waals surface area contributed by atoms with Crippen LogP contribution in [0.5, 0.6) is 5.75 Å². The summed E-state index contributed by atoms with van der Waals surface area (Å²) < 4.78 is 5.58. The largest absolute Gasteiger partial charge is 0.496 e. The van der Waals surface area contributed by atoms with Crippen molar-refractivity contribution in [3.05, 3.63) is 71.3 Å². The summed E-state index contributed by atoms with van der Waals surface area (Å²) in [5, 5.41) is 9.27. The lowest BCUT2D eigenvalue weighted by Gasteiger charge is -2.45. The molecule has 2 aliphatic rings. The van der Waals surface area contributed by atoms with Crippen LogP contribution in [0.3, 0.4) is 0 Å². The summed E-state index contributed by atoms with van der Waals surface area (Å²) in [5.41, 5.74) is 4.49. The molecule has 0 aliphatic carbocycles. The zero-order chi connectivity index (χ0) is 17.9. The van der Waals surface area contributed by atoms with E-state index in [9.17, 15) is 5.26 Å². The third-order valence-electron chi connectivity index (χ3n) is 5.66. The van der Waals surface area contributed by atoms with Gasteiger partial charge < -0.3 is 4.74 Å². The summed E-state index contributed by atoms with van der Waals surface area (Å²) in [6, 6.07) is 19.8. The Bertz CT molecular complexity index is 850. The summed E-state index contributed by atoms with van der Waals surface area (Å²) >= 11 is 0. The second-order valence-electron chi connectivity index (χ2n) is 7.23. The van der Waals surface area contributed by atoms with E-state index in [1.54, 1.807) is 7.11 Å². The van der Waals surface area contributed by atoms with Crippen LogP contribution in [0.1, 0.15) is 42.4 Å². The quantitative estimate of drug-likeness (QED) is 0.801. The van der Waals surface area contributed by atoms with E-state index < -0.39 is 0 Å². The molecule has 0 radical (unpaired) electrons. The highest BCUT2D eigenvalue weighted by atomic mass is 16.5. The van der Waals surface area contributed by atoms with E-state index in [-0.39, 0.29) is 0 Å². The van der Waals surface area contributed by atoms with E-state index in [1.165, 1.54) is 30.4 Å². The lowest BCUT2D eigenvalue weighted by Crippen LogP contribution is -2.47. The van der Waals surface area contributed by atoms with Crippen molar-refractivity contribution in [2.24, 2.45) is 0 Å². The molecule has 3 nitrogen and oxygen atoms in total. The fourth-order valence-corrected chi connectivity index (χ4v) is 4.39. The SMILES string of the molecule is COc1ccc(C#N)cc1C1=CC2CCCC(C1)N2Cc1ccccc1. The van der Waals surface area contributed by atoms with Crippen molar-refractivity contribution < 1.29 is 4.74 Å². The molecule has 3 heteroatoms. The van der Waals surface area contributed by atoms with Gasteiger partial charge in [-0.2, -0.15) is 5.26 Å². The minimum Gasteiger partial charge on any atom is -0.496 e. The second kappa shape index (κ2) is 7.35. The number of hydrogen-bond donors (Lipinski definition) is 0. The number of piperidine rings is 1. The van der Waals surface area contributed by atoms with Gasteiger partial charge in [-0.25, -0.2) is 0 Å². The zero-order valence-corrected chi connectivity index (χ0v) is 15.2. The normalized spacial score (nSPS) is 22.4. The highest BCUT2D eigenvalue weighted by Gasteiger charge is 2.34. The van der Waals surface area contributed by atoms with Gasteiger partial charge in [-0.1, -0.05) is 42.8 Å². The predicted molar refractivity (Wildman–Crippen MR) is 104 cm³/mol. The highest BCUT2D eigenvalue weighted by molar-refractivity contribution is 5.73. The smallest absolute Gasteiger partial charge is 0.126 e. The molecule has 1 saturated heterocycles. The van der Waals surface area contributed by atoms with Crippen LogP contribution in [0.25, 0.3) is 5.57 Å². The van der Waals surface area contributed by atoms with Crippen LogP contribution in [0.15, 0.2) is 54.6 Å². The molecule has 26 heavy (non-hydrogen) atoms. The Hall–Kier alpha value is -2.57. The van der Waals surface area contributed by atoms with Crippen molar-refractivity contribution in [3.63, 3.8) is 0 Å². The number of nitriles is 1. The van der Waals surface area contributed by atoms with Crippen LogP contribution in [-0.4, -0.2) is 24.1 Å². The summed E-state index contributed by atoms with van der Waals surface area (Å²) in [6.07, 6.45) is 7.17. The Balaban J connectivity index is 1.66. The number of benzene rings is 2. The highest BCUT2D eigenvalue weighted by Crippen LogP contribution is 2.40. The van der Waals surface area contributed by atoms with Gasteiger partial charge in [0.05, 0.1) is 18.7 Å². The third-order valence-corrected chi connectivity index (χ3v) is 5.66. The minimum absolute atomic E-state index is 0.466. The molecule has 2 atom stereocenters. The van der Waals surface area contributed by atoms with E-state index in [1.807, 2.05) is 18.2 Å². The van der Waals surface area contributed by atoms with Crippen molar-refractivity contribution in [2.75, 3.05) is 7.11 Å². The minimum atomic E-state index is 0.466. The molecular formula is C23H24N2O. The van der Waals surface area contributed by atoms with E-state index >= 15 is 0 Å². The monoisotopic (exact) mass is 344 g/mol. The molecule has 2 aromatic carbocycles. The molecule has 0 spiro atoms. The average Bonchev–Trinajstić information content (AvgIpc) is 2.68. The maximum atomic E-state index is 9.27. The lowest BCUT2D eigenvalue weighted by molar-refractivity contribution is 0.0951. The molecule has 2 aromatic rings. The molecule has 0 aromatic heterocycles. The first-order valence-electron chi connectivity index (χ1n) is 9.37. The molecule has 2 bridgehead atoms. The first-order valence-corrected chi connectivity index (χ1v) is 9.37. The maximum Gasteiger partial charge on any atom is 0.126 e. The van der Waals surface area contributed by atoms with Crippen molar-refractivity contribution in [1.29, 1.82) is 5.26 Å². The van der Waals surface area contributed by atoms with Gasteiger partial charge in [0, 0.05) is 24.2 Å². The second-order valence-corrected chi connectivity index (χ2v) is 7.23. The predicted octanol–water partition coefficient (Wildman–Crippen LogP) is 4.78. The van der Waals surface area contributed by atoms with Gasteiger partial charge >= 0.3 is 0 Å². The number of fused-ring (bicyclic) bond motifs is 2. The third kappa shape index (κ3) is 3.25. The molecular weight excluding hydrogens is 320 g/mol. The molecule has 132 valence electrons. The Morgan fingerprint density at radius 3 is 2.73 bits per heavy atom. The van der Waals surface area contributed by atoms with Crippen LogP contribution in [0, 0.1) is 11.3 Å². The number of nitrogens with zero attached hydrogens (tertiary/aromatic N) is 2. The van der Waals surface area contributed by atoms with Gasteiger partial charge in [0.25, 0.3) is 0 Å². The Kier molecular flexibility index (Phi) is 4.77. The number of rotatable bonds is 4. The van der Waals surface area contributed by atoms with Crippen molar-refractivity contribution in [2.45, 2.75) is 44.3 Å². The van der Waals surface area contributed by atoms with E-state index in [4.69, 9.17) is 4.74 Å². The van der Waals surface area contributed by atoms with Gasteiger partial charge in [0.1, 0.15) is 5.75 Å². The van der Waals surface area contributed by atoms with Gasteiger partial charge in [-0.3, -0.25) is 4.90 Å². The van der Waals surface area contributed by atoms with E-state index in [0.29, 0.717) is 17.6 Å². The van der Waals surface area contributed by atoms with Crippen molar-refractivity contribution in [3.8, 4) is 11.8 Å². The van der Waals surface area contributed by atoms with Crippen LogP contribution >= 0.6 is 0 Å². The standard InChI is InChI=1S/C23H24N2O/c1-26-23-11-10-18(15-24)12-22(23)19-13-20-8-5-9-21(14-19)25(20)16-17-6-3-2-4-7-17/h2-4,6-7,10-13,20-21H,5,8-9,14,16H2,1H3. The van der Waals surface area contributed by atoms with Crippen LogP contribution in [0.2, 0.25) is 0 Å². The fraction of sp³-hybridized carbons (Fsp3) is 0.348. The number of ether oxygens (including phenoxy) is 1. The summed E-state index contributed by atoms with van der Waals surface area (Å²) in [4.78, 5) is 2.66. The molecule has 0 saturated carbocycles. The van der Waals surface area contributed by atoms with Crippen LogP contribution in [-0.2, 0) is 6.54 Å². The van der Waals surface area contributed by atoms with Crippen LogP contribution < -0.4 is 4.74 Å². The van der Waals surface area contributed by atoms with Gasteiger partial charge in [0.15, 0.2) is 0 Å². The lowest BCUT2D eigenvalue weighted by atomic mass is 9.82. The first kappa shape index (κ1) is 16.9. The van der Waals surface area contributed by atoms with Crippen LogP contribution in [0.4, 0.5) is 0 Å². The molecule has 2 unspecified atom stereocenters. The van der Waals surface area contributed by atoms with E-state index in [2.05, 4.69) is 47.4 Å². The number of hydrogen-bond acceptors (Lipinski definition) is 3. The topological polar surface area (TPSA) is 36.3 Å². The zero-order valence-electron chi connectivity index (χ0n) is 15.2. The maximum absolute atomic E-state index is 9.27. The molecule has 1 fully saturated rings. The Morgan fingerprint density at radius 2 is 2.00 bits per heavy atom. The molecule has 0 amide bonds. The Labute approximate surface area is 155 Å². The van der Waals surface area contributed by atoms with Gasteiger partial charge in [-0.05, 0) is 48.6 Å². The summed E-state index contributed by atoms with van der Waals surface area (Å²) in [5.74, 6) is 0.866. The average molecular weight is 344 g/mol. The van der Waals surface area contributed by atoms with Crippen molar-refractivity contribution >= 4 is 5.57 Å². The summed E-state index contributed by atoms with van der Waals surface area (Å²) in [6.45, 7) is 1.01. The van der Waals surface area contributed by atoms with Crippen molar-refractivity contribution in [1.82, 2.24) is 4.90 Å². The molecule has 2 heterocycles. The summed E-state index contributed by atoms with van der Waals surface area (Å²) in [7, 11) is 1.71. The Morgan fingerprint density at radius 1 is 1.15 bits per heavy atom. The fourth-order valence-electron chi connectivity index (χ4n) is 4.39. The molecule has 0 N–H and O–H groups in total. The van der Waals surface area contributed by atoms with Gasteiger partial charge in [0.2, 0.25) is 0 Å². The first-order chi connectivity index (χ1) is 12.8. The molecule has 2 aliphatic heterocycles. The molecule has 4 rings (SSSR count). The number of methoxy groups -OCH3 is 1. The van der Waals surface area contributed by atoms with Gasteiger partial charge in [-0.15, -0.1) is 0 Å². The van der Waals surface area contributed by atoms with E-state index in [0.717, 1.165) is 24.3 Å².